The zero-order valence-corrected chi connectivity index (χ0v) is 9.03. The topological polar surface area (TPSA) is 17.1 Å². The SMILES string of the molecule is CC(C)(C=O)c1cccc2ccccc12. The molecule has 0 aromatic heterocycles. The molecule has 0 aliphatic heterocycles. The molecule has 0 spiro atoms. The third-order valence-corrected chi connectivity index (χ3v) is 2.78. The molecule has 1 heteroatoms. The second kappa shape index (κ2) is 3.50. The molecule has 2 rings (SSSR count). The summed E-state index contributed by atoms with van der Waals surface area (Å²) < 4.78 is 0. The van der Waals surface area contributed by atoms with Gasteiger partial charge in [-0.2, -0.15) is 0 Å². The van der Waals surface area contributed by atoms with Gasteiger partial charge in [0.05, 0.1) is 0 Å². The van der Waals surface area contributed by atoms with Gasteiger partial charge in [-0.05, 0) is 30.2 Å². The first-order valence-electron chi connectivity index (χ1n) is 5.10. The molecule has 0 aliphatic rings. The number of rotatable bonds is 2. The van der Waals surface area contributed by atoms with Gasteiger partial charge in [-0.3, -0.25) is 0 Å². The van der Waals surface area contributed by atoms with Gasteiger partial charge in [-0.15, -0.1) is 0 Å². The minimum Gasteiger partial charge on any atom is -0.302 e. The molecule has 0 atom stereocenters. The summed E-state index contributed by atoms with van der Waals surface area (Å²) in [5.41, 5.74) is 0.677. The van der Waals surface area contributed by atoms with E-state index in [9.17, 15) is 4.79 Å². The summed E-state index contributed by atoms with van der Waals surface area (Å²) in [6, 6.07) is 14.3. The molecule has 15 heavy (non-hydrogen) atoms. The summed E-state index contributed by atoms with van der Waals surface area (Å²) in [5.74, 6) is 0. The molecule has 0 amide bonds. The van der Waals surface area contributed by atoms with Crippen molar-refractivity contribution >= 4 is 17.1 Å². The summed E-state index contributed by atoms with van der Waals surface area (Å²) in [5, 5.41) is 2.35. The molecule has 0 saturated heterocycles. The second-order valence-corrected chi connectivity index (χ2v) is 4.37. The molecule has 1 nitrogen and oxygen atoms in total. The van der Waals surface area contributed by atoms with E-state index in [1.54, 1.807) is 0 Å². The van der Waals surface area contributed by atoms with Crippen molar-refractivity contribution in [3.05, 3.63) is 48.0 Å². The second-order valence-electron chi connectivity index (χ2n) is 4.37. The van der Waals surface area contributed by atoms with Crippen LogP contribution in [0.25, 0.3) is 10.8 Å². The Morgan fingerprint density at radius 1 is 1.00 bits per heavy atom. The van der Waals surface area contributed by atoms with Crippen LogP contribution >= 0.6 is 0 Å². The fraction of sp³-hybridized carbons (Fsp3) is 0.214. The first kappa shape index (κ1) is 9.91. The average molecular weight is 198 g/mol. The fourth-order valence-corrected chi connectivity index (χ4v) is 1.85. The lowest BCUT2D eigenvalue weighted by Crippen LogP contribution is -2.18. The van der Waals surface area contributed by atoms with Gasteiger partial charge in [0.25, 0.3) is 0 Å². The number of hydrogen-bond donors (Lipinski definition) is 0. The third-order valence-electron chi connectivity index (χ3n) is 2.78. The van der Waals surface area contributed by atoms with E-state index < -0.39 is 5.41 Å². The summed E-state index contributed by atoms with van der Waals surface area (Å²) >= 11 is 0. The molecule has 0 N–H and O–H groups in total. The summed E-state index contributed by atoms with van der Waals surface area (Å²) in [4.78, 5) is 11.1. The van der Waals surface area contributed by atoms with E-state index in [2.05, 4.69) is 18.2 Å². The Kier molecular flexibility index (Phi) is 2.31. The molecule has 0 aliphatic carbocycles. The first-order chi connectivity index (χ1) is 7.15. The van der Waals surface area contributed by atoms with Gasteiger partial charge in [-0.25, -0.2) is 0 Å². The Labute approximate surface area is 89.7 Å². The highest BCUT2D eigenvalue weighted by Crippen LogP contribution is 2.28. The average Bonchev–Trinajstić information content (AvgIpc) is 2.28. The van der Waals surface area contributed by atoms with Crippen LogP contribution in [-0.4, -0.2) is 6.29 Å². The Hall–Kier alpha value is -1.63. The van der Waals surface area contributed by atoms with Crippen molar-refractivity contribution < 1.29 is 4.79 Å². The van der Waals surface area contributed by atoms with Crippen molar-refractivity contribution in [3.63, 3.8) is 0 Å². The van der Waals surface area contributed by atoms with Gasteiger partial charge in [0, 0.05) is 5.41 Å². The van der Waals surface area contributed by atoms with Crippen LogP contribution in [0.5, 0.6) is 0 Å². The molecule has 0 fully saturated rings. The van der Waals surface area contributed by atoms with Crippen LogP contribution in [-0.2, 0) is 10.2 Å². The molecular formula is C14H14O. The largest absolute Gasteiger partial charge is 0.302 e. The monoisotopic (exact) mass is 198 g/mol. The molecule has 76 valence electrons. The summed E-state index contributed by atoms with van der Waals surface area (Å²) in [7, 11) is 0. The van der Waals surface area contributed by atoms with Crippen molar-refractivity contribution in [2.75, 3.05) is 0 Å². The molecule has 0 heterocycles. The van der Waals surface area contributed by atoms with E-state index in [1.165, 1.54) is 5.39 Å². The van der Waals surface area contributed by atoms with E-state index in [0.29, 0.717) is 0 Å². The number of aldehydes is 1. The van der Waals surface area contributed by atoms with Crippen molar-refractivity contribution in [2.45, 2.75) is 19.3 Å². The zero-order chi connectivity index (χ0) is 10.9. The maximum Gasteiger partial charge on any atom is 0.129 e. The predicted octanol–water partition coefficient (Wildman–Crippen LogP) is 3.32. The molecule has 0 saturated carbocycles. The van der Waals surface area contributed by atoms with Crippen molar-refractivity contribution in [3.8, 4) is 0 Å². The van der Waals surface area contributed by atoms with Gasteiger partial charge < -0.3 is 4.79 Å². The van der Waals surface area contributed by atoms with E-state index in [4.69, 9.17) is 0 Å². The molecular weight excluding hydrogens is 184 g/mol. The Morgan fingerprint density at radius 3 is 2.40 bits per heavy atom. The number of benzene rings is 2. The van der Waals surface area contributed by atoms with Crippen molar-refractivity contribution in [1.29, 1.82) is 0 Å². The molecule has 0 bridgehead atoms. The van der Waals surface area contributed by atoms with Crippen LogP contribution in [0, 0.1) is 0 Å². The van der Waals surface area contributed by atoms with Crippen LogP contribution in [0.15, 0.2) is 42.5 Å². The quantitative estimate of drug-likeness (QED) is 0.676. The van der Waals surface area contributed by atoms with E-state index in [1.807, 2.05) is 38.1 Å². The maximum absolute atomic E-state index is 11.1. The molecule has 0 radical (unpaired) electrons. The minimum absolute atomic E-state index is 0.416. The van der Waals surface area contributed by atoms with Crippen LogP contribution in [0.1, 0.15) is 19.4 Å². The lowest BCUT2D eigenvalue weighted by molar-refractivity contribution is -0.111. The fourth-order valence-electron chi connectivity index (χ4n) is 1.85. The number of fused-ring (bicyclic) bond motifs is 1. The summed E-state index contributed by atoms with van der Waals surface area (Å²) in [6.45, 7) is 3.89. The summed E-state index contributed by atoms with van der Waals surface area (Å²) in [6.07, 6.45) is 1.01. The smallest absolute Gasteiger partial charge is 0.129 e. The van der Waals surface area contributed by atoms with Crippen LogP contribution in [0.2, 0.25) is 0 Å². The Balaban J connectivity index is 2.76. The van der Waals surface area contributed by atoms with E-state index in [0.717, 1.165) is 17.2 Å². The predicted molar refractivity (Wildman–Crippen MR) is 63.0 cm³/mol. The molecule has 0 unspecified atom stereocenters. The third kappa shape index (κ3) is 1.65. The van der Waals surface area contributed by atoms with Gasteiger partial charge >= 0.3 is 0 Å². The number of hydrogen-bond acceptors (Lipinski definition) is 1. The standard InChI is InChI=1S/C14H14O/c1-14(2,10-15)13-9-5-7-11-6-3-4-8-12(11)13/h3-10H,1-2H3. The normalized spacial score (nSPS) is 11.6. The number of carbonyl (C=O) groups is 1. The van der Waals surface area contributed by atoms with Crippen molar-refractivity contribution in [2.24, 2.45) is 0 Å². The van der Waals surface area contributed by atoms with Crippen molar-refractivity contribution in [1.82, 2.24) is 0 Å². The highest BCUT2D eigenvalue weighted by Gasteiger charge is 2.21. The van der Waals surface area contributed by atoms with E-state index >= 15 is 0 Å². The van der Waals surface area contributed by atoms with Gasteiger partial charge in [-0.1, -0.05) is 42.5 Å². The minimum atomic E-state index is -0.416. The van der Waals surface area contributed by atoms with Crippen LogP contribution in [0.4, 0.5) is 0 Å². The lowest BCUT2D eigenvalue weighted by Gasteiger charge is -2.19. The molecule has 2 aromatic rings. The molecule has 2 aromatic carbocycles. The van der Waals surface area contributed by atoms with E-state index in [-0.39, 0.29) is 0 Å². The van der Waals surface area contributed by atoms with Gasteiger partial charge in [0.15, 0.2) is 0 Å². The lowest BCUT2D eigenvalue weighted by atomic mass is 9.83. The van der Waals surface area contributed by atoms with Crippen LogP contribution in [0.3, 0.4) is 0 Å². The van der Waals surface area contributed by atoms with Crippen LogP contribution < -0.4 is 0 Å². The van der Waals surface area contributed by atoms with Gasteiger partial charge in [0.2, 0.25) is 0 Å². The maximum atomic E-state index is 11.1. The first-order valence-corrected chi connectivity index (χ1v) is 5.10. The number of carbonyl (C=O) groups excluding carboxylic acids is 1. The highest BCUT2D eigenvalue weighted by atomic mass is 16.1. The van der Waals surface area contributed by atoms with Gasteiger partial charge in [0.1, 0.15) is 6.29 Å². The Bertz CT molecular complexity index is 492. The Morgan fingerprint density at radius 2 is 1.67 bits per heavy atom. The zero-order valence-electron chi connectivity index (χ0n) is 9.03. The highest BCUT2D eigenvalue weighted by molar-refractivity contribution is 5.89.